The molecule has 0 fully saturated rings. The van der Waals surface area contributed by atoms with Crippen LogP contribution in [0.2, 0.25) is 0 Å². The highest BCUT2D eigenvalue weighted by atomic mass is 16.5. The molecule has 0 unspecified atom stereocenters. The van der Waals surface area contributed by atoms with Crippen molar-refractivity contribution >= 4 is 0 Å². The van der Waals surface area contributed by atoms with Crippen LogP contribution in [0.4, 0.5) is 0 Å². The summed E-state index contributed by atoms with van der Waals surface area (Å²) in [4.78, 5) is 0. The lowest BCUT2D eigenvalue weighted by Gasteiger charge is -2.29. The van der Waals surface area contributed by atoms with Crippen molar-refractivity contribution in [2.45, 2.75) is 33.3 Å². The van der Waals surface area contributed by atoms with E-state index in [2.05, 4.69) is 45.4 Å². The summed E-state index contributed by atoms with van der Waals surface area (Å²) in [6.07, 6.45) is 4.37. The minimum atomic E-state index is -0.125. The molecular weight excluding hydrogens is 196 g/mol. The number of allylic oxidation sites excluding steroid dienone is 2. The van der Waals surface area contributed by atoms with Crippen LogP contribution in [0.3, 0.4) is 0 Å². The largest absolute Gasteiger partial charge is 0.361 e. The summed E-state index contributed by atoms with van der Waals surface area (Å²) in [6, 6.07) is 0. The molecule has 1 nitrogen and oxygen atoms in total. The van der Waals surface area contributed by atoms with Crippen LogP contribution in [-0.2, 0) is 4.74 Å². The molecule has 0 saturated carbocycles. The molecule has 0 rings (SSSR count). The average molecular weight is 218 g/mol. The Morgan fingerprint density at radius 2 is 2.00 bits per heavy atom. The Bertz CT molecular complexity index is 312. The van der Waals surface area contributed by atoms with Gasteiger partial charge in [0.05, 0.1) is 6.61 Å². The predicted octanol–water partition coefficient (Wildman–Crippen LogP) is 3.74. The topological polar surface area (TPSA) is 9.23 Å². The van der Waals surface area contributed by atoms with Crippen LogP contribution in [0.1, 0.15) is 27.2 Å². The molecule has 0 N–H and O–H groups in total. The molecule has 0 aromatic heterocycles. The Balaban J connectivity index is 4.78. The van der Waals surface area contributed by atoms with E-state index < -0.39 is 0 Å². The molecule has 0 heterocycles. The highest BCUT2D eigenvalue weighted by molar-refractivity contribution is 5.26. The van der Waals surface area contributed by atoms with E-state index in [0.29, 0.717) is 6.61 Å². The van der Waals surface area contributed by atoms with Gasteiger partial charge in [-0.1, -0.05) is 44.4 Å². The van der Waals surface area contributed by atoms with Gasteiger partial charge >= 0.3 is 0 Å². The first kappa shape index (κ1) is 14.7. The van der Waals surface area contributed by atoms with Gasteiger partial charge in [-0.15, -0.1) is 13.2 Å². The quantitative estimate of drug-likeness (QED) is 0.487. The molecule has 16 heavy (non-hydrogen) atoms. The van der Waals surface area contributed by atoms with Crippen LogP contribution in [0.25, 0.3) is 0 Å². The standard InChI is InChI=1S/C15H22O/c1-7-11-15(5,6)14(16-12-8-2)10-9-13(3)4/h7-8,14H,1-3,11-12H2,4-6H3/t14-/m0/s1. The van der Waals surface area contributed by atoms with Crippen molar-refractivity contribution in [2.24, 2.45) is 5.41 Å². The number of rotatable bonds is 6. The summed E-state index contributed by atoms with van der Waals surface area (Å²) in [5.74, 6) is 6.09. The number of hydrogen-bond donors (Lipinski definition) is 0. The molecule has 88 valence electrons. The Kier molecular flexibility index (Phi) is 6.53. The Morgan fingerprint density at radius 3 is 2.44 bits per heavy atom. The zero-order valence-electron chi connectivity index (χ0n) is 10.7. The maximum absolute atomic E-state index is 5.68. The molecule has 0 aromatic rings. The molecule has 0 amide bonds. The van der Waals surface area contributed by atoms with Gasteiger partial charge in [-0.25, -0.2) is 0 Å². The molecule has 1 heteroatoms. The average Bonchev–Trinajstić information content (AvgIpc) is 2.16. The molecule has 0 aromatic carbocycles. The van der Waals surface area contributed by atoms with E-state index in [0.717, 1.165) is 12.0 Å². The van der Waals surface area contributed by atoms with Gasteiger partial charge in [0, 0.05) is 5.41 Å². The van der Waals surface area contributed by atoms with Gasteiger partial charge in [-0.05, 0) is 18.9 Å². The lowest BCUT2D eigenvalue weighted by molar-refractivity contribution is 0.0303. The van der Waals surface area contributed by atoms with Gasteiger partial charge in [0.2, 0.25) is 0 Å². The molecule has 0 aliphatic rings. The monoisotopic (exact) mass is 218 g/mol. The first-order chi connectivity index (χ1) is 7.44. The van der Waals surface area contributed by atoms with Crippen molar-refractivity contribution in [3.63, 3.8) is 0 Å². The van der Waals surface area contributed by atoms with Crippen molar-refractivity contribution in [1.29, 1.82) is 0 Å². The molecule has 0 aliphatic heterocycles. The van der Waals surface area contributed by atoms with Crippen molar-refractivity contribution in [2.75, 3.05) is 6.61 Å². The van der Waals surface area contributed by atoms with E-state index in [1.54, 1.807) is 6.08 Å². The highest BCUT2D eigenvalue weighted by Crippen LogP contribution is 2.27. The first-order valence-corrected chi connectivity index (χ1v) is 5.44. The summed E-state index contributed by atoms with van der Waals surface area (Å²) in [5.41, 5.74) is 0.800. The van der Waals surface area contributed by atoms with E-state index in [4.69, 9.17) is 4.74 Å². The molecule has 0 saturated heterocycles. The SMILES string of the molecule is C=CCO[C@@H](C#CC(=C)C)C(C)(C)CC=C. The second kappa shape index (κ2) is 7.09. The number of ether oxygens (including phenoxy) is 1. The lowest BCUT2D eigenvalue weighted by Crippen LogP contribution is -2.30. The fourth-order valence-electron chi connectivity index (χ4n) is 1.29. The van der Waals surface area contributed by atoms with E-state index in [1.807, 2.05) is 13.0 Å². The second-order valence-electron chi connectivity index (χ2n) is 4.53. The van der Waals surface area contributed by atoms with Crippen molar-refractivity contribution in [3.05, 3.63) is 37.5 Å². The molecule has 0 aliphatic carbocycles. The van der Waals surface area contributed by atoms with Crippen LogP contribution < -0.4 is 0 Å². The molecule has 1 atom stereocenters. The van der Waals surface area contributed by atoms with Gasteiger partial charge in [0.1, 0.15) is 6.10 Å². The maximum Gasteiger partial charge on any atom is 0.124 e. The summed E-state index contributed by atoms with van der Waals surface area (Å²) in [5, 5.41) is 0. The van der Waals surface area contributed by atoms with E-state index in [9.17, 15) is 0 Å². The fraction of sp³-hybridized carbons (Fsp3) is 0.467. The van der Waals surface area contributed by atoms with Crippen molar-refractivity contribution < 1.29 is 4.74 Å². The van der Waals surface area contributed by atoms with Crippen LogP contribution >= 0.6 is 0 Å². The summed E-state index contributed by atoms with van der Waals surface area (Å²) in [6.45, 7) is 17.8. The van der Waals surface area contributed by atoms with Crippen LogP contribution in [0, 0.1) is 17.3 Å². The second-order valence-corrected chi connectivity index (χ2v) is 4.53. The zero-order valence-corrected chi connectivity index (χ0v) is 10.7. The summed E-state index contributed by atoms with van der Waals surface area (Å²) >= 11 is 0. The van der Waals surface area contributed by atoms with E-state index in [1.165, 1.54) is 0 Å². The normalized spacial score (nSPS) is 12.2. The maximum atomic E-state index is 5.68. The van der Waals surface area contributed by atoms with Crippen molar-refractivity contribution in [3.8, 4) is 11.8 Å². The molecular formula is C15H22O. The van der Waals surface area contributed by atoms with Gasteiger partial charge in [-0.3, -0.25) is 0 Å². The third kappa shape index (κ3) is 5.58. The van der Waals surface area contributed by atoms with E-state index in [-0.39, 0.29) is 11.5 Å². The van der Waals surface area contributed by atoms with Gasteiger partial charge < -0.3 is 4.74 Å². The Labute approximate surface area is 99.9 Å². The molecule has 0 radical (unpaired) electrons. The predicted molar refractivity (Wildman–Crippen MR) is 71.1 cm³/mol. The van der Waals surface area contributed by atoms with Crippen LogP contribution in [0.15, 0.2) is 37.5 Å². The molecule has 0 spiro atoms. The third-order valence-electron chi connectivity index (χ3n) is 2.18. The highest BCUT2D eigenvalue weighted by Gasteiger charge is 2.27. The Morgan fingerprint density at radius 1 is 1.38 bits per heavy atom. The summed E-state index contributed by atoms with van der Waals surface area (Å²) in [7, 11) is 0. The van der Waals surface area contributed by atoms with E-state index >= 15 is 0 Å². The van der Waals surface area contributed by atoms with Crippen molar-refractivity contribution in [1.82, 2.24) is 0 Å². The minimum Gasteiger partial charge on any atom is -0.361 e. The molecule has 0 bridgehead atoms. The van der Waals surface area contributed by atoms with Gasteiger partial charge in [0.25, 0.3) is 0 Å². The van der Waals surface area contributed by atoms with Gasteiger partial charge in [-0.2, -0.15) is 0 Å². The minimum absolute atomic E-state index is 0.0484. The lowest BCUT2D eigenvalue weighted by atomic mass is 9.83. The third-order valence-corrected chi connectivity index (χ3v) is 2.18. The zero-order chi connectivity index (χ0) is 12.6. The fourth-order valence-corrected chi connectivity index (χ4v) is 1.29. The van der Waals surface area contributed by atoms with Crippen LogP contribution in [0.5, 0.6) is 0 Å². The Hall–Kier alpha value is -1.26. The van der Waals surface area contributed by atoms with Gasteiger partial charge in [0.15, 0.2) is 0 Å². The summed E-state index contributed by atoms with van der Waals surface area (Å²) < 4.78 is 5.68. The van der Waals surface area contributed by atoms with Crippen LogP contribution in [-0.4, -0.2) is 12.7 Å². The smallest absolute Gasteiger partial charge is 0.124 e. The number of hydrogen-bond acceptors (Lipinski definition) is 1. The first-order valence-electron chi connectivity index (χ1n) is 5.44.